The van der Waals surface area contributed by atoms with Gasteiger partial charge in [0.1, 0.15) is 5.69 Å². The lowest BCUT2D eigenvalue weighted by atomic mass is 10.4. The molecule has 12 heavy (non-hydrogen) atoms. The van der Waals surface area contributed by atoms with Crippen LogP contribution in [0.25, 0.3) is 0 Å². The number of H-pyrrole nitrogens is 2. The summed E-state index contributed by atoms with van der Waals surface area (Å²) >= 11 is 0. The second-order valence-corrected chi connectivity index (χ2v) is 2.09. The summed E-state index contributed by atoms with van der Waals surface area (Å²) in [6.07, 6.45) is 0. The zero-order valence-electron chi connectivity index (χ0n) is 6.51. The molecule has 1 aromatic rings. The molecule has 0 fully saturated rings. The molecule has 0 aliphatic rings. The zero-order chi connectivity index (χ0) is 9.14. The Bertz CT molecular complexity index is 338. The number of nitrogen functional groups attached to an aromatic ring is 1. The van der Waals surface area contributed by atoms with E-state index in [0.717, 1.165) is 0 Å². The maximum Gasteiger partial charge on any atom is 0.358 e. The summed E-state index contributed by atoms with van der Waals surface area (Å²) in [5, 5.41) is 4.49. The van der Waals surface area contributed by atoms with E-state index in [0.29, 0.717) is 0 Å². The molecule has 6 heteroatoms. The van der Waals surface area contributed by atoms with E-state index in [2.05, 4.69) is 14.9 Å². The van der Waals surface area contributed by atoms with E-state index in [-0.39, 0.29) is 18.0 Å². The number of anilines is 1. The molecule has 4 N–H and O–H groups in total. The number of rotatable bonds is 2. The normalized spacial score (nSPS) is 9.75. The number of ether oxygens (including phenoxy) is 1. The third-order valence-corrected chi connectivity index (χ3v) is 1.29. The number of aromatic amines is 2. The fourth-order valence-corrected chi connectivity index (χ4v) is 0.732. The number of nitrogens with one attached hydrogen (secondary N) is 2. The van der Waals surface area contributed by atoms with Gasteiger partial charge < -0.3 is 10.5 Å². The van der Waals surface area contributed by atoms with Crippen molar-refractivity contribution in [3.63, 3.8) is 0 Å². The van der Waals surface area contributed by atoms with E-state index in [9.17, 15) is 9.59 Å². The minimum atomic E-state index is -0.631. The molecule has 6 nitrogen and oxygen atoms in total. The molecule has 0 saturated heterocycles. The molecule has 0 bridgehead atoms. The summed E-state index contributed by atoms with van der Waals surface area (Å²) < 4.78 is 4.61. The van der Waals surface area contributed by atoms with E-state index in [4.69, 9.17) is 5.73 Å². The van der Waals surface area contributed by atoms with Crippen LogP contribution in [-0.2, 0) is 4.74 Å². The van der Waals surface area contributed by atoms with Gasteiger partial charge in [0.05, 0.1) is 6.61 Å². The van der Waals surface area contributed by atoms with Gasteiger partial charge in [0.25, 0.3) is 5.56 Å². The Labute approximate surface area is 67.7 Å². The smallest absolute Gasteiger partial charge is 0.358 e. The molecule has 0 unspecified atom stereocenters. The minimum absolute atomic E-state index is 0.0261. The van der Waals surface area contributed by atoms with Crippen molar-refractivity contribution in [3.8, 4) is 0 Å². The van der Waals surface area contributed by atoms with Crippen LogP contribution in [0, 0.1) is 0 Å². The predicted octanol–water partition coefficient (Wildman–Crippen LogP) is -0.538. The van der Waals surface area contributed by atoms with Crippen molar-refractivity contribution >= 4 is 11.7 Å². The number of esters is 1. The number of aromatic nitrogens is 2. The highest BCUT2D eigenvalue weighted by Crippen LogP contribution is 2.02. The van der Waals surface area contributed by atoms with E-state index >= 15 is 0 Å². The Morgan fingerprint density at radius 3 is 2.67 bits per heavy atom. The van der Waals surface area contributed by atoms with Crippen molar-refractivity contribution in [2.24, 2.45) is 0 Å². The molecule has 0 spiro atoms. The Balaban J connectivity index is 2.96. The average Bonchev–Trinajstić information content (AvgIpc) is 2.34. The zero-order valence-corrected chi connectivity index (χ0v) is 6.51. The summed E-state index contributed by atoms with van der Waals surface area (Å²) in [6.45, 7) is 1.91. The first-order chi connectivity index (χ1) is 5.66. The maximum absolute atomic E-state index is 11.0. The second-order valence-electron chi connectivity index (χ2n) is 2.09. The molecular weight excluding hydrogens is 162 g/mol. The monoisotopic (exact) mass is 171 g/mol. The fourth-order valence-electron chi connectivity index (χ4n) is 0.732. The maximum atomic E-state index is 11.0. The van der Waals surface area contributed by atoms with Crippen molar-refractivity contribution in [2.45, 2.75) is 6.92 Å². The van der Waals surface area contributed by atoms with Gasteiger partial charge in [-0.3, -0.25) is 15.0 Å². The van der Waals surface area contributed by atoms with Gasteiger partial charge in [0, 0.05) is 0 Å². The van der Waals surface area contributed by atoms with Gasteiger partial charge in [-0.05, 0) is 6.92 Å². The van der Waals surface area contributed by atoms with Crippen LogP contribution >= 0.6 is 0 Å². The van der Waals surface area contributed by atoms with Gasteiger partial charge >= 0.3 is 5.97 Å². The van der Waals surface area contributed by atoms with E-state index in [1.165, 1.54) is 0 Å². The lowest BCUT2D eigenvalue weighted by Crippen LogP contribution is -2.10. The van der Waals surface area contributed by atoms with Crippen LogP contribution in [0.5, 0.6) is 0 Å². The lowest BCUT2D eigenvalue weighted by molar-refractivity contribution is 0.0520. The van der Waals surface area contributed by atoms with Crippen LogP contribution in [-0.4, -0.2) is 22.8 Å². The quantitative estimate of drug-likeness (QED) is 0.520. The Morgan fingerprint density at radius 1 is 1.58 bits per heavy atom. The summed E-state index contributed by atoms with van der Waals surface area (Å²) in [5.41, 5.74) is 4.57. The first-order valence-electron chi connectivity index (χ1n) is 3.40. The SMILES string of the molecule is CCOC(=O)c1[nH][nH]c(=O)c1N. The summed E-state index contributed by atoms with van der Waals surface area (Å²) in [4.78, 5) is 21.7. The molecule has 0 saturated carbocycles. The topological polar surface area (TPSA) is 101 Å². The van der Waals surface area contributed by atoms with Gasteiger partial charge in [-0.1, -0.05) is 0 Å². The van der Waals surface area contributed by atoms with Gasteiger partial charge in [-0.25, -0.2) is 4.79 Å². The Kier molecular flexibility index (Phi) is 2.18. The van der Waals surface area contributed by atoms with Gasteiger partial charge in [0.2, 0.25) is 0 Å². The van der Waals surface area contributed by atoms with E-state index in [1.807, 2.05) is 0 Å². The van der Waals surface area contributed by atoms with E-state index < -0.39 is 11.5 Å². The first-order valence-corrected chi connectivity index (χ1v) is 3.40. The number of hydrogen-bond donors (Lipinski definition) is 3. The largest absolute Gasteiger partial charge is 0.461 e. The van der Waals surface area contributed by atoms with Crippen LogP contribution in [0.1, 0.15) is 17.4 Å². The fraction of sp³-hybridized carbons (Fsp3) is 0.333. The lowest BCUT2D eigenvalue weighted by Gasteiger charge is -1.97. The number of carbonyl (C=O) groups excluding carboxylic acids is 1. The first kappa shape index (κ1) is 8.38. The molecular formula is C6H9N3O3. The van der Waals surface area contributed by atoms with Crippen LogP contribution < -0.4 is 11.3 Å². The van der Waals surface area contributed by atoms with Gasteiger partial charge in [-0.15, -0.1) is 0 Å². The predicted molar refractivity (Wildman–Crippen MR) is 41.8 cm³/mol. The van der Waals surface area contributed by atoms with Crippen molar-refractivity contribution in [1.29, 1.82) is 0 Å². The molecule has 1 rings (SSSR count). The molecule has 1 heterocycles. The van der Waals surface area contributed by atoms with E-state index in [1.54, 1.807) is 6.92 Å². The number of nitrogens with two attached hydrogens (primary N) is 1. The average molecular weight is 171 g/mol. The highest BCUT2D eigenvalue weighted by Gasteiger charge is 2.14. The second kappa shape index (κ2) is 3.12. The minimum Gasteiger partial charge on any atom is -0.461 e. The Hall–Kier alpha value is -1.72. The van der Waals surface area contributed by atoms with Gasteiger partial charge in [0.15, 0.2) is 5.69 Å². The molecule has 0 aliphatic carbocycles. The van der Waals surface area contributed by atoms with Crippen LogP contribution in [0.4, 0.5) is 5.69 Å². The molecule has 0 radical (unpaired) electrons. The highest BCUT2D eigenvalue weighted by molar-refractivity contribution is 5.92. The number of carbonyl (C=O) groups is 1. The van der Waals surface area contributed by atoms with Crippen LogP contribution in [0.3, 0.4) is 0 Å². The van der Waals surface area contributed by atoms with Crippen LogP contribution in [0.2, 0.25) is 0 Å². The number of hydrogen-bond acceptors (Lipinski definition) is 4. The third-order valence-electron chi connectivity index (χ3n) is 1.29. The summed E-state index contributed by atoms with van der Waals surface area (Å²) in [5.74, 6) is -0.631. The van der Waals surface area contributed by atoms with Crippen molar-refractivity contribution in [1.82, 2.24) is 10.2 Å². The van der Waals surface area contributed by atoms with Gasteiger partial charge in [-0.2, -0.15) is 0 Å². The van der Waals surface area contributed by atoms with Crippen molar-refractivity contribution in [3.05, 3.63) is 16.0 Å². The highest BCUT2D eigenvalue weighted by atomic mass is 16.5. The summed E-state index contributed by atoms with van der Waals surface area (Å²) in [6, 6.07) is 0. The van der Waals surface area contributed by atoms with Crippen LogP contribution in [0.15, 0.2) is 4.79 Å². The third kappa shape index (κ3) is 1.31. The molecule has 0 atom stereocenters. The molecule has 0 aromatic carbocycles. The standard InChI is InChI=1S/C6H9N3O3/c1-2-12-6(11)4-3(7)5(10)9-8-4/h2,7H2,1H3,(H2,8,9,10). The molecule has 66 valence electrons. The van der Waals surface area contributed by atoms with Crippen molar-refractivity contribution < 1.29 is 9.53 Å². The molecule has 0 aliphatic heterocycles. The summed E-state index contributed by atoms with van der Waals surface area (Å²) in [7, 11) is 0. The van der Waals surface area contributed by atoms with Crippen molar-refractivity contribution in [2.75, 3.05) is 12.3 Å². The molecule has 1 aromatic heterocycles. The Morgan fingerprint density at radius 2 is 2.25 bits per heavy atom. The molecule has 0 amide bonds.